The van der Waals surface area contributed by atoms with Crippen molar-refractivity contribution in [1.82, 2.24) is 9.55 Å². The number of carboxylic acid groups (broad SMARTS) is 1. The van der Waals surface area contributed by atoms with Gasteiger partial charge in [-0.2, -0.15) is 0 Å². The Kier molecular flexibility index (Phi) is 4.00. The van der Waals surface area contributed by atoms with Gasteiger partial charge in [-0.1, -0.05) is 29.8 Å². The number of carbonyl (C=O) groups is 1. The number of rotatable bonds is 4. The highest BCUT2D eigenvalue weighted by molar-refractivity contribution is 6.30. The summed E-state index contributed by atoms with van der Waals surface area (Å²) in [6, 6.07) is 6.83. The topological polar surface area (TPSA) is 72.2 Å². The number of hydrogen-bond acceptors (Lipinski definition) is 3. The fourth-order valence-electron chi connectivity index (χ4n) is 1.80. The summed E-state index contributed by atoms with van der Waals surface area (Å²) in [4.78, 5) is 27.2. The first-order chi connectivity index (χ1) is 9.54. The summed E-state index contributed by atoms with van der Waals surface area (Å²) >= 11 is 5.92. The van der Waals surface area contributed by atoms with E-state index >= 15 is 0 Å². The normalized spacial score (nSPS) is 10.2. The van der Waals surface area contributed by atoms with Crippen LogP contribution >= 0.6 is 11.6 Å². The zero-order valence-corrected chi connectivity index (χ0v) is 11.2. The Labute approximate surface area is 119 Å². The van der Waals surface area contributed by atoms with Gasteiger partial charge in [0.2, 0.25) is 0 Å². The summed E-state index contributed by atoms with van der Waals surface area (Å²) in [5.74, 6) is -0.958. The van der Waals surface area contributed by atoms with Crippen molar-refractivity contribution in [3.63, 3.8) is 0 Å². The van der Waals surface area contributed by atoms with Gasteiger partial charge < -0.3 is 5.11 Å². The standard InChI is InChI=1S/C14H11ClN2O3/c1-2-6-17-12(9-4-3-5-10(15)7-9)16-8-11(13(17)18)14(19)20/h2-5,7-8H,1,6H2,(H,19,20). The van der Waals surface area contributed by atoms with Gasteiger partial charge >= 0.3 is 5.97 Å². The van der Waals surface area contributed by atoms with Crippen molar-refractivity contribution in [2.75, 3.05) is 0 Å². The van der Waals surface area contributed by atoms with Crippen molar-refractivity contribution >= 4 is 17.6 Å². The summed E-state index contributed by atoms with van der Waals surface area (Å²) in [7, 11) is 0. The van der Waals surface area contributed by atoms with E-state index in [2.05, 4.69) is 11.6 Å². The number of halogens is 1. The van der Waals surface area contributed by atoms with Gasteiger partial charge in [0.1, 0.15) is 11.4 Å². The maximum atomic E-state index is 12.1. The van der Waals surface area contributed by atoms with Crippen molar-refractivity contribution in [3.8, 4) is 11.4 Å². The van der Waals surface area contributed by atoms with Gasteiger partial charge in [0.25, 0.3) is 5.56 Å². The lowest BCUT2D eigenvalue weighted by molar-refractivity contribution is 0.0693. The molecule has 0 amide bonds. The van der Waals surface area contributed by atoms with E-state index in [1.54, 1.807) is 24.3 Å². The van der Waals surface area contributed by atoms with E-state index in [0.717, 1.165) is 6.20 Å². The maximum Gasteiger partial charge on any atom is 0.342 e. The van der Waals surface area contributed by atoms with Crippen LogP contribution in [0.2, 0.25) is 5.02 Å². The number of benzene rings is 1. The van der Waals surface area contributed by atoms with E-state index in [-0.39, 0.29) is 12.1 Å². The lowest BCUT2D eigenvalue weighted by atomic mass is 10.2. The van der Waals surface area contributed by atoms with Crippen LogP contribution < -0.4 is 5.56 Å². The summed E-state index contributed by atoms with van der Waals surface area (Å²) in [5.41, 5.74) is -0.367. The van der Waals surface area contributed by atoms with Crippen molar-refractivity contribution < 1.29 is 9.90 Å². The Hall–Kier alpha value is -2.40. The second-order valence-electron chi connectivity index (χ2n) is 4.02. The van der Waals surface area contributed by atoms with E-state index in [1.807, 2.05) is 0 Å². The highest BCUT2D eigenvalue weighted by Gasteiger charge is 2.15. The van der Waals surface area contributed by atoms with Gasteiger partial charge in [0.15, 0.2) is 0 Å². The predicted octanol–water partition coefficient (Wildman–Crippen LogP) is 2.45. The first-order valence-corrected chi connectivity index (χ1v) is 6.12. The Bertz CT molecular complexity index is 737. The minimum absolute atomic E-state index is 0.162. The highest BCUT2D eigenvalue weighted by Crippen LogP contribution is 2.20. The van der Waals surface area contributed by atoms with Crippen LogP contribution in [0, 0.1) is 0 Å². The lowest BCUT2D eigenvalue weighted by Crippen LogP contribution is -2.28. The molecule has 0 aliphatic heterocycles. The van der Waals surface area contributed by atoms with E-state index in [4.69, 9.17) is 16.7 Å². The van der Waals surface area contributed by atoms with Crippen molar-refractivity contribution in [1.29, 1.82) is 0 Å². The summed E-state index contributed by atoms with van der Waals surface area (Å²) in [6.45, 7) is 3.72. The molecule has 20 heavy (non-hydrogen) atoms. The SMILES string of the molecule is C=CCn1c(-c2cccc(Cl)c2)ncc(C(=O)O)c1=O. The average Bonchev–Trinajstić information content (AvgIpc) is 2.40. The van der Waals surface area contributed by atoms with Gasteiger partial charge in [-0.15, -0.1) is 6.58 Å². The van der Waals surface area contributed by atoms with Crippen LogP contribution in [0.3, 0.4) is 0 Å². The monoisotopic (exact) mass is 290 g/mol. The van der Waals surface area contributed by atoms with Crippen LogP contribution in [-0.4, -0.2) is 20.6 Å². The number of aromatic nitrogens is 2. The molecule has 6 heteroatoms. The summed E-state index contributed by atoms with van der Waals surface area (Å²) in [5, 5.41) is 9.47. The molecule has 2 rings (SSSR count). The van der Waals surface area contributed by atoms with Gasteiger partial charge in [-0.25, -0.2) is 9.78 Å². The molecule has 1 heterocycles. The lowest BCUT2D eigenvalue weighted by Gasteiger charge is -2.11. The van der Waals surface area contributed by atoms with Crippen LogP contribution in [0.4, 0.5) is 0 Å². The molecule has 5 nitrogen and oxygen atoms in total. The molecule has 0 bridgehead atoms. The number of aromatic carboxylic acids is 1. The number of hydrogen-bond donors (Lipinski definition) is 1. The Balaban J connectivity index is 2.70. The smallest absolute Gasteiger partial charge is 0.342 e. The summed E-state index contributed by atoms with van der Waals surface area (Å²) in [6.07, 6.45) is 2.56. The zero-order valence-electron chi connectivity index (χ0n) is 10.4. The molecule has 0 radical (unpaired) electrons. The van der Waals surface area contributed by atoms with E-state index < -0.39 is 11.5 Å². The second kappa shape index (κ2) is 5.71. The van der Waals surface area contributed by atoms with E-state index in [9.17, 15) is 9.59 Å². The number of carboxylic acids is 1. The molecule has 0 aliphatic rings. The fraction of sp³-hybridized carbons (Fsp3) is 0.0714. The molecule has 1 N–H and O–H groups in total. The Morgan fingerprint density at radius 3 is 2.85 bits per heavy atom. The first-order valence-electron chi connectivity index (χ1n) is 5.74. The molecule has 2 aromatic rings. The van der Waals surface area contributed by atoms with Crippen LogP contribution in [-0.2, 0) is 6.54 Å². The Morgan fingerprint density at radius 1 is 1.50 bits per heavy atom. The fourth-order valence-corrected chi connectivity index (χ4v) is 1.99. The molecule has 0 fully saturated rings. The Morgan fingerprint density at radius 2 is 2.25 bits per heavy atom. The van der Waals surface area contributed by atoms with Crippen molar-refractivity contribution in [2.45, 2.75) is 6.54 Å². The third kappa shape index (κ3) is 2.62. The van der Waals surface area contributed by atoms with E-state index in [0.29, 0.717) is 16.4 Å². The maximum absolute atomic E-state index is 12.1. The van der Waals surface area contributed by atoms with Crippen LogP contribution in [0.5, 0.6) is 0 Å². The first kappa shape index (κ1) is 14.0. The van der Waals surface area contributed by atoms with Gasteiger partial charge in [0, 0.05) is 23.3 Å². The molecular weight excluding hydrogens is 280 g/mol. The summed E-state index contributed by atoms with van der Waals surface area (Å²) < 4.78 is 1.25. The van der Waals surface area contributed by atoms with Crippen molar-refractivity contribution in [2.24, 2.45) is 0 Å². The largest absolute Gasteiger partial charge is 0.477 e. The number of nitrogens with zero attached hydrogens (tertiary/aromatic N) is 2. The second-order valence-corrected chi connectivity index (χ2v) is 4.45. The molecule has 1 aromatic heterocycles. The van der Waals surface area contributed by atoms with Crippen LogP contribution in [0.15, 0.2) is 47.9 Å². The molecule has 0 saturated heterocycles. The molecule has 102 valence electrons. The molecule has 0 aliphatic carbocycles. The number of allylic oxidation sites excluding steroid dienone is 1. The molecule has 0 unspecified atom stereocenters. The van der Waals surface area contributed by atoms with Gasteiger partial charge in [0.05, 0.1) is 0 Å². The molecule has 0 spiro atoms. The average molecular weight is 291 g/mol. The van der Waals surface area contributed by atoms with Crippen molar-refractivity contribution in [3.05, 3.63) is 64.1 Å². The quantitative estimate of drug-likeness (QED) is 0.878. The molecule has 1 aromatic carbocycles. The van der Waals surface area contributed by atoms with Gasteiger partial charge in [-0.3, -0.25) is 9.36 Å². The van der Waals surface area contributed by atoms with Crippen LogP contribution in [0.25, 0.3) is 11.4 Å². The predicted molar refractivity (Wildman–Crippen MR) is 76.1 cm³/mol. The zero-order chi connectivity index (χ0) is 14.7. The van der Waals surface area contributed by atoms with Gasteiger partial charge in [-0.05, 0) is 12.1 Å². The minimum atomic E-state index is -1.31. The molecular formula is C14H11ClN2O3. The van der Waals surface area contributed by atoms with Crippen LogP contribution in [0.1, 0.15) is 10.4 Å². The molecule has 0 atom stereocenters. The third-order valence-corrected chi connectivity index (χ3v) is 2.91. The third-order valence-electron chi connectivity index (χ3n) is 2.67. The molecule has 0 saturated carbocycles. The minimum Gasteiger partial charge on any atom is -0.477 e. The van der Waals surface area contributed by atoms with E-state index in [1.165, 1.54) is 10.6 Å². The highest BCUT2D eigenvalue weighted by atomic mass is 35.5.